The van der Waals surface area contributed by atoms with E-state index in [1.807, 2.05) is 94.5 Å². The van der Waals surface area contributed by atoms with E-state index in [2.05, 4.69) is 0 Å². The summed E-state index contributed by atoms with van der Waals surface area (Å²) in [5.41, 5.74) is 7.19. The second-order valence-electron chi connectivity index (χ2n) is 18.3. The fraction of sp³-hybridized carbons (Fsp3) is 0.500. The summed E-state index contributed by atoms with van der Waals surface area (Å²) in [7, 11) is 4.00. The van der Waals surface area contributed by atoms with Crippen LogP contribution in [0.1, 0.15) is 127 Å². The number of ether oxygens (including phenoxy) is 6. The standard InChI is InChI=1S/C54H66N6O9/c1-34-19-37-25-55-43-13-7-9-15-45(43)57-27-39-21-35(2)23-41(53(39)68-32-50(62)65-5)29-59-47-17-11-12-18-48(47)60-30-42-24-36(3)22-40(54(42)69-33-51(63)66-6)28-58-46-16-10-8-14-44(46)56-26-38(20-34)52(37)67-31-49(61)64-4/h19-30,43-48H,7-18,31-33H2,1-6H3/t43-,44-,45-,46-,47-,48-/m1/s1. The van der Waals surface area contributed by atoms with Gasteiger partial charge in [-0.15, -0.1) is 0 Å². The Morgan fingerprint density at radius 3 is 0.739 bits per heavy atom. The van der Waals surface area contributed by atoms with E-state index in [4.69, 9.17) is 58.4 Å². The largest absolute Gasteiger partial charge is 0.481 e. The summed E-state index contributed by atoms with van der Waals surface area (Å²) in [6, 6.07) is 11.2. The predicted octanol–water partition coefficient (Wildman–Crippen LogP) is 8.13. The van der Waals surface area contributed by atoms with Gasteiger partial charge in [-0.25, -0.2) is 14.4 Å². The Hall–Kier alpha value is -6.51. The Morgan fingerprint density at radius 2 is 0.565 bits per heavy atom. The number of carbonyl (C=O) groups excluding carboxylic acids is 3. The lowest BCUT2D eigenvalue weighted by atomic mass is 9.91. The third-order valence-corrected chi connectivity index (χ3v) is 13.1. The predicted molar refractivity (Wildman–Crippen MR) is 270 cm³/mol. The molecule has 15 nitrogen and oxygen atoms in total. The Kier molecular flexibility index (Phi) is 18.0. The molecule has 0 unspecified atom stereocenters. The maximum Gasteiger partial charge on any atom is 0.343 e. The molecule has 0 amide bonds. The highest BCUT2D eigenvalue weighted by atomic mass is 16.6. The first-order valence-electron chi connectivity index (χ1n) is 24.2. The van der Waals surface area contributed by atoms with Crippen molar-refractivity contribution in [3.8, 4) is 17.2 Å². The quantitative estimate of drug-likeness (QED) is 0.151. The number of benzene rings is 3. The number of carbonyl (C=O) groups is 3. The molecule has 6 atom stereocenters. The van der Waals surface area contributed by atoms with E-state index in [1.165, 1.54) is 21.3 Å². The van der Waals surface area contributed by atoms with Gasteiger partial charge in [0.15, 0.2) is 19.8 Å². The first kappa shape index (κ1) is 50.4. The van der Waals surface area contributed by atoms with Gasteiger partial charge in [0.05, 0.1) is 57.6 Å². The lowest BCUT2D eigenvalue weighted by molar-refractivity contribution is -0.143. The number of rotatable bonds is 9. The molecule has 0 radical (unpaired) electrons. The topological polar surface area (TPSA) is 181 Å². The average molecular weight is 943 g/mol. The zero-order chi connectivity index (χ0) is 48.7. The van der Waals surface area contributed by atoms with Crippen LogP contribution in [0.15, 0.2) is 66.4 Å². The molecule has 4 aliphatic rings. The van der Waals surface area contributed by atoms with Gasteiger partial charge in [0, 0.05) is 70.7 Å². The van der Waals surface area contributed by atoms with Crippen LogP contribution in [0.25, 0.3) is 0 Å². The van der Waals surface area contributed by atoms with Gasteiger partial charge < -0.3 is 28.4 Å². The number of esters is 3. The first-order valence-corrected chi connectivity index (χ1v) is 24.2. The van der Waals surface area contributed by atoms with Crippen molar-refractivity contribution < 1.29 is 42.8 Å². The molecule has 3 saturated carbocycles. The Morgan fingerprint density at radius 1 is 0.377 bits per heavy atom. The van der Waals surface area contributed by atoms with Gasteiger partial charge in [0.2, 0.25) is 0 Å². The molecule has 3 aliphatic carbocycles. The van der Waals surface area contributed by atoms with E-state index in [9.17, 15) is 14.4 Å². The zero-order valence-electron chi connectivity index (χ0n) is 40.9. The molecule has 7 rings (SSSR count). The molecule has 15 heteroatoms. The molecule has 0 saturated heterocycles. The third-order valence-electron chi connectivity index (χ3n) is 13.1. The fourth-order valence-corrected chi connectivity index (χ4v) is 9.51. The summed E-state index contributed by atoms with van der Waals surface area (Å²) < 4.78 is 33.6. The minimum atomic E-state index is -0.509. The minimum absolute atomic E-state index is 0.131. The zero-order valence-corrected chi connectivity index (χ0v) is 40.9. The van der Waals surface area contributed by atoms with Gasteiger partial charge in [0.25, 0.3) is 0 Å². The van der Waals surface area contributed by atoms with E-state index in [0.29, 0.717) is 50.6 Å². The summed E-state index contributed by atoms with van der Waals surface area (Å²) in [6.07, 6.45) is 22.1. The first-order chi connectivity index (χ1) is 33.5. The van der Waals surface area contributed by atoms with Crippen LogP contribution >= 0.6 is 0 Å². The normalized spacial score (nSPS) is 22.5. The maximum absolute atomic E-state index is 12.5. The Balaban J connectivity index is 1.37. The van der Waals surface area contributed by atoms with Crippen molar-refractivity contribution >= 4 is 55.2 Å². The van der Waals surface area contributed by atoms with Crippen molar-refractivity contribution in [2.24, 2.45) is 30.0 Å². The van der Waals surface area contributed by atoms with Crippen LogP contribution in [0, 0.1) is 20.8 Å². The van der Waals surface area contributed by atoms with Crippen LogP contribution in [0.3, 0.4) is 0 Å². The molecule has 6 bridgehead atoms. The van der Waals surface area contributed by atoms with Crippen molar-refractivity contribution in [3.05, 3.63) is 86.5 Å². The summed E-state index contributed by atoms with van der Waals surface area (Å²) in [5.74, 6) is -0.0949. The van der Waals surface area contributed by atoms with Crippen molar-refractivity contribution in [2.45, 2.75) is 134 Å². The molecule has 3 aromatic carbocycles. The number of fused-ring (bicyclic) bond motifs is 9. The minimum Gasteiger partial charge on any atom is -0.481 e. The van der Waals surface area contributed by atoms with Crippen LogP contribution in [0.2, 0.25) is 0 Å². The van der Waals surface area contributed by atoms with Crippen LogP contribution in [-0.4, -0.2) is 133 Å². The van der Waals surface area contributed by atoms with E-state index in [-0.39, 0.29) is 56.1 Å². The number of hydrogen-bond donors (Lipinski definition) is 0. The molecular formula is C54H66N6O9. The van der Waals surface area contributed by atoms with Gasteiger partial charge in [-0.05, 0) is 112 Å². The van der Waals surface area contributed by atoms with E-state index < -0.39 is 17.9 Å². The Labute approximate surface area is 405 Å². The average Bonchev–Trinajstić information content (AvgIpc) is 3.35. The second kappa shape index (κ2) is 24.7. The van der Waals surface area contributed by atoms with E-state index in [0.717, 1.165) is 93.7 Å². The molecular weight excluding hydrogens is 877 g/mol. The highest BCUT2D eigenvalue weighted by Gasteiger charge is 2.28. The van der Waals surface area contributed by atoms with Crippen molar-refractivity contribution in [1.29, 1.82) is 0 Å². The van der Waals surface area contributed by atoms with Crippen LogP contribution in [-0.2, 0) is 28.6 Å². The van der Waals surface area contributed by atoms with Crippen molar-refractivity contribution in [1.82, 2.24) is 0 Å². The monoisotopic (exact) mass is 942 g/mol. The molecule has 0 spiro atoms. The SMILES string of the molecule is COC(=O)COc1c2cc(C)cc1C=N[C@@H]1CCCC[C@H]1N=Cc1cc(C)cc(c1OCC(=O)OC)C=N[C@@H]1CCCC[C@H]1N=Cc1cc(C)cc(c1OCC(=O)OC)C=N[C@@H]1CCCC[C@H]1N=C2. The van der Waals surface area contributed by atoms with E-state index >= 15 is 0 Å². The van der Waals surface area contributed by atoms with Gasteiger partial charge >= 0.3 is 17.9 Å². The van der Waals surface area contributed by atoms with Gasteiger partial charge in [-0.1, -0.05) is 38.5 Å². The Bertz CT molecular complexity index is 2100. The van der Waals surface area contributed by atoms with Crippen LogP contribution in [0.5, 0.6) is 17.2 Å². The number of hydrogen-bond acceptors (Lipinski definition) is 15. The highest BCUT2D eigenvalue weighted by molar-refractivity contribution is 5.95. The van der Waals surface area contributed by atoms with Crippen LogP contribution < -0.4 is 14.2 Å². The maximum atomic E-state index is 12.5. The molecule has 3 aromatic rings. The van der Waals surface area contributed by atoms with Crippen molar-refractivity contribution in [2.75, 3.05) is 41.2 Å². The van der Waals surface area contributed by atoms with Gasteiger partial charge in [-0.2, -0.15) is 0 Å². The summed E-state index contributed by atoms with van der Waals surface area (Å²) in [6.45, 7) is 5.16. The third kappa shape index (κ3) is 13.8. The highest BCUT2D eigenvalue weighted by Crippen LogP contribution is 2.32. The molecule has 366 valence electrons. The number of methoxy groups -OCH3 is 3. The number of aliphatic imine (C=N–C) groups is 6. The fourth-order valence-electron chi connectivity index (χ4n) is 9.51. The number of nitrogens with zero attached hydrogens (tertiary/aromatic N) is 6. The molecule has 1 aliphatic heterocycles. The molecule has 1 heterocycles. The number of aryl methyl sites for hydroxylation is 3. The second-order valence-corrected chi connectivity index (χ2v) is 18.3. The van der Waals surface area contributed by atoms with Gasteiger partial charge in [0.1, 0.15) is 17.2 Å². The smallest absolute Gasteiger partial charge is 0.343 e. The summed E-state index contributed by atoms with van der Waals surface area (Å²) in [5, 5.41) is 0. The summed E-state index contributed by atoms with van der Waals surface area (Å²) >= 11 is 0. The molecule has 0 aromatic heterocycles. The van der Waals surface area contributed by atoms with Crippen LogP contribution in [0.4, 0.5) is 0 Å². The summed E-state index contributed by atoms with van der Waals surface area (Å²) in [4.78, 5) is 68.4. The lowest BCUT2D eigenvalue weighted by Gasteiger charge is -2.26. The van der Waals surface area contributed by atoms with E-state index in [1.54, 1.807) is 0 Å². The van der Waals surface area contributed by atoms with Crippen molar-refractivity contribution in [3.63, 3.8) is 0 Å². The van der Waals surface area contributed by atoms with Gasteiger partial charge in [-0.3, -0.25) is 30.0 Å². The molecule has 3 fully saturated rings. The lowest BCUT2D eigenvalue weighted by Crippen LogP contribution is -2.27. The molecule has 0 N–H and O–H groups in total. The molecule has 69 heavy (non-hydrogen) atoms.